The van der Waals surface area contributed by atoms with Crippen LogP contribution in [0.1, 0.15) is 34.1 Å². The Morgan fingerprint density at radius 1 is 1.32 bits per heavy atom. The molecule has 1 atom stereocenters. The van der Waals surface area contributed by atoms with Gasteiger partial charge in [-0.15, -0.1) is 0 Å². The van der Waals surface area contributed by atoms with Gasteiger partial charge in [0.1, 0.15) is 5.75 Å². The van der Waals surface area contributed by atoms with Crippen LogP contribution in [-0.2, 0) is 0 Å². The molecular weight excluding hydrogens is 236 g/mol. The molecule has 1 rings (SSSR count). The molecular formula is C16H28N2O. The molecule has 0 spiro atoms. The van der Waals surface area contributed by atoms with Crippen molar-refractivity contribution in [1.82, 2.24) is 5.32 Å². The fraction of sp³-hybridized carbons (Fsp3) is 0.625. The van der Waals surface area contributed by atoms with Crippen LogP contribution in [0.25, 0.3) is 0 Å². The van der Waals surface area contributed by atoms with Crippen molar-refractivity contribution in [2.24, 2.45) is 0 Å². The maximum absolute atomic E-state index is 5.29. The molecule has 0 bridgehead atoms. The zero-order chi connectivity index (χ0) is 14.5. The maximum Gasteiger partial charge on any atom is 0.120 e. The summed E-state index contributed by atoms with van der Waals surface area (Å²) in [5.41, 5.74) is 1.35. The Morgan fingerprint density at radius 3 is 2.53 bits per heavy atom. The highest BCUT2D eigenvalue weighted by Crippen LogP contribution is 2.22. The summed E-state index contributed by atoms with van der Waals surface area (Å²) in [4.78, 5) is 2.32. The third-order valence-corrected chi connectivity index (χ3v) is 3.35. The van der Waals surface area contributed by atoms with E-state index in [0.29, 0.717) is 6.04 Å². The van der Waals surface area contributed by atoms with E-state index in [1.165, 1.54) is 5.69 Å². The molecule has 108 valence electrons. The van der Waals surface area contributed by atoms with Crippen molar-refractivity contribution in [2.45, 2.75) is 45.7 Å². The van der Waals surface area contributed by atoms with Gasteiger partial charge in [0.05, 0.1) is 7.11 Å². The number of methoxy groups -OCH3 is 1. The number of rotatable bonds is 6. The molecule has 0 saturated carbocycles. The molecule has 3 heteroatoms. The van der Waals surface area contributed by atoms with Crippen LogP contribution in [0.2, 0.25) is 0 Å². The van der Waals surface area contributed by atoms with E-state index in [1.807, 2.05) is 12.1 Å². The highest BCUT2D eigenvalue weighted by atomic mass is 16.5. The Balaban J connectivity index is 2.74. The van der Waals surface area contributed by atoms with Gasteiger partial charge in [0.25, 0.3) is 0 Å². The first-order valence-corrected chi connectivity index (χ1v) is 6.99. The Kier molecular flexibility index (Phi) is 5.67. The van der Waals surface area contributed by atoms with Gasteiger partial charge in [-0.05, 0) is 39.3 Å². The second kappa shape index (κ2) is 6.80. The second-order valence-electron chi connectivity index (χ2n) is 6.01. The summed E-state index contributed by atoms with van der Waals surface area (Å²) >= 11 is 0. The third-order valence-electron chi connectivity index (χ3n) is 3.35. The Hall–Kier alpha value is -1.22. The molecule has 1 unspecified atom stereocenters. The lowest BCUT2D eigenvalue weighted by Crippen LogP contribution is -2.46. The molecule has 0 radical (unpaired) electrons. The average Bonchev–Trinajstić information content (AvgIpc) is 2.38. The molecule has 0 aromatic heterocycles. The lowest BCUT2D eigenvalue weighted by molar-refractivity contribution is 0.396. The minimum Gasteiger partial charge on any atom is -0.497 e. The molecule has 0 saturated heterocycles. The smallest absolute Gasteiger partial charge is 0.120 e. The molecule has 0 fully saturated rings. The Labute approximate surface area is 118 Å². The van der Waals surface area contributed by atoms with Gasteiger partial charge in [-0.25, -0.2) is 0 Å². The zero-order valence-corrected chi connectivity index (χ0v) is 13.2. The molecule has 1 aromatic rings. The van der Waals surface area contributed by atoms with Crippen LogP contribution in [0.3, 0.4) is 0 Å². The number of hydrogen-bond acceptors (Lipinski definition) is 3. The summed E-state index contributed by atoms with van der Waals surface area (Å²) in [6.07, 6.45) is 1.11. The van der Waals surface area contributed by atoms with Crippen molar-refractivity contribution in [3.8, 4) is 5.75 Å². The van der Waals surface area contributed by atoms with E-state index in [1.54, 1.807) is 7.11 Å². The van der Waals surface area contributed by atoms with E-state index in [0.717, 1.165) is 18.7 Å². The highest BCUT2D eigenvalue weighted by molar-refractivity contribution is 5.51. The number of hydrogen-bond donors (Lipinski definition) is 1. The third kappa shape index (κ3) is 5.11. The summed E-state index contributed by atoms with van der Waals surface area (Å²) in [6, 6.07) is 8.70. The molecule has 1 N–H and O–H groups in total. The van der Waals surface area contributed by atoms with E-state index in [-0.39, 0.29) is 5.54 Å². The van der Waals surface area contributed by atoms with Crippen LogP contribution in [-0.4, -0.2) is 32.3 Å². The molecule has 0 amide bonds. The minimum atomic E-state index is 0.155. The topological polar surface area (TPSA) is 24.5 Å². The van der Waals surface area contributed by atoms with Gasteiger partial charge in [-0.1, -0.05) is 13.0 Å². The number of likely N-dealkylation sites (N-methyl/N-ethyl adjacent to an activating group) is 1. The fourth-order valence-corrected chi connectivity index (χ4v) is 2.02. The molecule has 0 aliphatic rings. The number of benzene rings is 1. The van der Waals surface area contributed by atoms with Crippen LogP contribution in [0, 0.1) is 0 Å². The van der Waals surface area contributed by atoms with Crippen molar-refractivity contribution in [3.05, 3.63) is 24.3 Å². The number of ether oxygens (including phenoxy) is 1. The van der Waals surface area contributed by atoms with Gasteiger partial charge in [0.15, 0.2) is 0 Å². The molecule has 3 nitrogen and oxygen atoms in total. The van der Waals surface area contributed by atoms with Gasteiger partial charge in [0.2, 0.25) is 0 Å². The SMILES string of the molecule is CCC(CNC(C)(C)C)N(C)c1cccc(OC)c1. The van der Waals surface area contributed by atoms with Crippen molar-refractivity contribution in [1.29, 1.82) is 0 Å². The first-order chi connectivity index (χ1) is 8.87. The van der Waals surface area contributed by atoms with Gasteiger partial charge >= 0.3 is 0 Å². The maximum atomic E-state index is 5.29. The van der Waals surface area contributed by atoms with E-state index in [9.17, 15) is 0 Å². The standard InChI is InChI=1S/C16H28N2O/c1-7-13(12-17-16(2,3)4)18(5)14-9-8-10-15(11-14)19-6/h8-11,13,17H,7,12H2,1-6H3. The normalized spacial score (nSPS) is 13.2. The highest BCUT2D eigenvalue weighted by Gasteiger charge is 2.17. The van der Waals surface area contributed by atoms with E-state index >= 15 is 0 Å². The lowest BCUT2D eigenvalue weighted by atomic mass is 10.1. The predicted octanol–water partition coefficient (Wildman–Crippen LogP) is 3.30. The Morgan fingerprint density at radius 2 is 2.00 bits per heavy atom. The van der Waals surface area contributed by atoms with Gasteiger partial charge in [-0.2, -0.15) is 0 Å². The predicted molar refractivity (Wildman–Crippen MR) is 83.2 cm³/mol. The monoisotopic (exact) mass is 264 g/mol. The zero-order valence-electron chi connectivity index (χ0n) is 13.2. The first-order valence-electron chi connectivity index (χ1n) is 6.99. The number of anilines is 1. The summed E-state index contributed by atoms with van der Waals surface area (Å²) in [5.74, 6) is 0.906. The van der Waals surface area contributed by atoms with Crippen LogP contribution < -0.4 is 15.0 Å². The first kappa shape index (κ1) is 15.8. The number of nitrogens with one attached hydrogen (secondary N) is 1. The summed E-state index contributed by atoms with van der Waals surface area (Å²) < 4.78 is 5.29. The van der Waals surface area contributed by atoms with E-state index < -0.39 is 0 Å². The van der Waals surface area contributed by atoms with E-state index in [4.69, 9.17) is 4.74 Å². The lowest BCUT2D eigenvalue weighted by Gasteiger charge is -2.32. The van der Waals surface area contributed by atoms with Crippen molar-refractivity contribution in [2.75, 3.05) is 25.6 Å². The quantitative estimate of drug-likeness (QED) is 0.853. The van der Waals surface area contributed by atoms with Crippen LogP contribution in [0.5, 0.6) is 5.75 Å². The van der Waals surface area contributed by atoms with Crippen molar-refractivity contribution >= 4 is 5.69 Å². The van der Waals surface area contributed by atoms with Crippen molar-refractivity contribution < 1.29 is 4.74 Å². The fourth-order valence-electron chi connectivity index (χ4n) is 2.02. The Bertz CT molecular complexity index is 385. The summed E-state index contributed by atoms with van der Waals surface area (Å²) in [5, 5.41) is 3.58. The molecule has 0 aliphatic carbocycles. The van der Waals surface area contributed by atoms with Crippen LogP contribution in [0.4, 0.5) is 5.69 Å². The minimum absolute atomic E-state index is 0.155. The van der Waals surface area contributed by atoms with Gasteiger partial charge < -0.3 is 15.0 Å². The molecule has 0 aliphatic heterocycles. The van der Waals surface area contributed by atoms with Crippen LogP contribution >= 0.6 is 0 Å². The van der Waals surface area contributed by atoms with E-state index in [2.05, 4.69) is 57.1 Å². The molecule has 0 heterocycles. The summed E-state index contributed by atoms with van der Waals surface area (Å²) in [7, 11) is 3.85. The largest absolute Gasteiger partial charge is 0.497 e. The average molecular weight is 264 g/mol. The van der Waals surface area contributed by atoms with Crippen LogP contribution in [0.15, 0.2) is 24.3 Å². The van der Waals surface area contributed by atoms with Gasteiger partial charge in [0, 0.05) is 36.9 Å². The molecule has 1 aromatic carbocycles. The summed E-state index contributed by atoms with van der Waals surface area (Å²) in [6.45, 7) is 9.81. The van der Waals surface area contributed by atoms with Crippen molar-refractivity contribution in [3.63, 3.8) is 0 Å². The molecule has 19 heavy (non-hydrogen) atoms. The second-order valence-corrected chi connectivity index (χ2v) is 6.01. The van der Waals surface area contributed by atoms with Gasteiger partial charge in [-0.3, -0.25) is 0 Å². The number of nitrogens with zero attached hydrogens (tertiary/aromatic N) is 1.